The summed E-state index contributed by atoms with van der Waals surface area (Å²) in [4.78, 5) is 0. The van der Waals surface area contributed by atoms with E-state index in [1.165, 1.54) is 28.4 Å². The maximum atomic E-state index is 3.62. The van der Waals surface area contributed by atoms with E-state index in [0.717, 1.165) is 12.5 Å². The first kappa shape index (κ1) is 14.7. The SMILES string of the molecule is Cc1ccc(CNC(C)CCC(C)C)c(Br)c1. The van der Waals surface area contributed by atoms with Crippen LogP contribution in [0.2, 0.25) is 0 Å². The molecule has 17 heavy (non-hydrogen) atoms. The normalized spacial score (nSPS) is 13.1. The van der Waals surface area contributed by atoms with Gasteiger partial charge in [0.2, 0.25) is 0 Å². The molecule has 0 heterocycles. The van der Waals surface area contributed by atoms with Gasteiger partial charge in [0.15, 0.2) is 0 Å². The van der Waals surface area contributed by atoms with Crippen molar-refractivity contribution in [3.8, 4) is 0 Å². The molecule has 1 aromatic carbocycles. The van der Waals surface area contributed by atoms with E-state index in [2.05, 4.69) is 67.1 Å². The molecule has 0 amide bonds. The minimum absolute atomic E-state index is 0.589. The van der Waals surface area contributed by atoms with E-state index in [0.29, 0.717) is 6.04 Å². The third kappa shape index (κ3) is 5.69. The third-order valence-electron chi connectivity index (χ3n) is 3.03. The van der Waals surface area contributed by atoms with Gasteiger partial charge in [0.1, 0.15) is 0 Å². The fourth-order valence-electron chi connectivity index (χ4n) is 1.77. The first-order valence-corrected chi connectivity index (χ1v) is 7.26. The molecule has 0 aliphatic rings. The van der Waals surface area contributed by atoms with Crippen molar-refractivity contribution < 1.29 is 0 Å². The number of nitrogens with one attached hydrogen (secondary N) is 1. The summed E-state index contributed by atoms with van der Waals surface area (Å²) in [5, 5.41) is 3.58. The van der Waals surface area contributed by atoms with Crippen LogP contribution < -0.4 is 5.32 Å². The van der Waals surface area contributed by atoms with E-state index >= 15 is 0 Å². The second-order valence-corrected chi connectivity index (χ2v) is 6.20. The Balaban J connectivity index is 2.39. The molecule has 0 radical (unpaired) electrons. The highest BCUT2D eigenvalue weighted by Gasteiger charge is 2.05. The van der Waals surface area contributed by atoms with E-state index in [9.17, 15) is 0 Å². The van der Waals surface area contributed by atoms with Gasteiger partial charge < -0.3 is 5.32 Å². The second-order valence-electron chi connectivity index (χ2n) is 5.35. The smallest absolute Gasteiger partial charge is 0.0222 e. The first-order valence-electron chi connectivity index (χ1n) is 6.47. The fourth-order valence-corrected chi connectivity index (χ4v) is 2.40. The summed E-state index contributed by atoms with van der Waals surface area (Å²) in [5.41, 5.74) is 2.64. The van der Waals surface area contributed by atoms with Crippen molar-refractivity contribution >= 4 is 15.9 Å². The molecule has 0 aliphatic heterocycles. The quantitative estimate of drug-likeness (QED) is 0.804. The monoisotopic (exact) mass is 297 g/mol. The number of halogens is 1. The van der Waals surface area contributed by atoms with Gasteiger partial charge in [0.05, 0.1) is 0 Å². The molecular formula is C15H24BrN. The van der Waals surface area contributed by atoms with Gasteiger partial charge in [-0.3, -0.25) is 0 Å². The molecule has 2 heteroatoms. The Labute approximate surface area is 114 Å². The van der Waals surface area contributed by atoms with Crippen molar-refractivity contribution in [1.82, 2.24) is 5.32 Å². The topological polar surface area (TPSA) is 12.0 Å². The minimum Gasteiger partial charge on any atom is -0.310 e. The number of aryl methyl sites for hydroxylation is 1. The molecule has 0 bridgehead atoms. The lowest BCUT2D eigenvalue weighted by atomic mass is 10.0. The predicted octanol–water partition coefficient (Wildman–Crippen LogP) is 4.67. The Kier molecular flexibility index (Phi) is 6.21. The highest BCUT2D eigenvalue weighted by Crippen LogP contribution is 2.18. The lowest BCUT2D eigenvalue weighted by molar-refractivity contribution is 0.450. The van der Waals surface area contributed by atoms with E-state index in [-0.39, 0.29) is 0 Å². The molecule has 1 rings (SSSR count). The van der Waals surface area contributed by atoms with E-state index in [1.807, 2.05) is 0 Å². The fraction of sp³-hybridized carbons (Fsp3) is 0.600. The van der Waals surface area contributed by atoms with Crippen LogP contribution in [0.5, 0.6) is 0 Å². The molecule has 0 saturated heterocycles. The van der Waals surface area contributed by atoms with Crippen molar-refractivity contribution in [2.24, 2.45) is 5.92 Å². The summed E-state index contributed by atoms with van der Waals surface area (Å²) in [6, 6.07) is 7.13. The number of hydrogen-bond acceptors (Lipinski definition) is 1. The van der Waals surface area contributed by atoms with Crippen molar-refractivity contribution in [1.29, 1.82) is 0 Å². The van der Waals surface area contributed by atoms with Crippen LogP contribution in [0.15, 0.2) is 22.7 Å². The molecule has 0 aromatic heterocycles. The largest absolute Gasteiger partial charge is 0.310 e. The average molecular weight is 298 g/mol. The minimum atomic E-state index is 0.589. The van der Waals surface area contributed by atoms with Gasteiger partial charge in [0, 0.05) is 17.1 Å². The summed E-state index contributed by atoms with van der Waals surface area (Å²) in [6.07, 6.45) is 2.55. The van der Waals surface area contributed by atoms with E-state index in [1.54, 1.807) is 0 Å². The zero-order valence-electron chi connectivity index (χ0n) is 11.4. The van der Waals surface area contributed by atoms with Crippen LogP contribution in [-0.2, 0) is 6.54 Å². The third-order valence-corrected chi connectivity index (χ3v) is 3.76. The Morgan fingerprint density at radius 1 is 1.18 bits per heavy atom. The van der Waals surface area contributed by atoms with Crippen LogP contribution in [-0.4, -0.2) is 6.04 Å². The second kappa shape index (κ2) is 7.17. The van der Waals surface area contributed by atoms with Crippen LogP contribution in [0.25, 0.3) is 0 Å². The van der Waals surface area contributed by atoms with Crippen LogP contribution >= 0.6 is 15.9 Å². The Bertz CT molecular complexity index is 347. The van der Waals surface area contributed by atoms with Crippen LogP contribution in [0.1, 0.15) is 44.7 Å². The zero-order valence-corrected chi connectivity index (χ0v) is 13.0. The summed E-state index contributed by atoms with van der Waals surface area (Å²) < 4.78 is 1.21. The highest BCUT2D eigenvalue weighted by molar-refractivity contribution is 9.10. The van der Waals surface area contributed by atoms with Gasteiger partial charge in [-0.1, -0.05) is 41.9 Å². The Hall–Kier alpha value is -0.340. The molecule has 0 fully saturated rings. The van der Waals surface area contributed by atoms with Gasteiger partial charge in [-0.15, -0.1) is 0 Å². The highest BCUT2D eigenvalue weighted by atomic mass is 79.9. The summed E-state index contributed by atoms with van der Waals surface area (Å²) in [6.45, 7) is 9.89. The van der Waals surface area contributed by atoms with E-state index in [4.69, 9.17) is 0 Å². The van der Waals surface area contributed by atoms with Crippen molar-refractivity contribution in [3.05, 3.63) is 33.8 Å². The zero-order chi connectivity index (χ0) is 12.8. The van der Waals surface area contributed by atoms with Crippen LogP contribution in [0, 0.1) is 12.8 Å². The Morgan fingerprint density at radius 3 is 2.47 bits per heavy atom. The van der Waals surface area contributed by atoms with Gasteiger partial charge in [-0.25, -0.2) is 0 Å². The summed E-state index contributed by atoms with van der Waals surface area (Å²) in [7, 11) is 0. The van der Waals surface area contributed by atoms with Gasteiger partial charge in [0.25, 0.3) is 0 Å². The van der Waals surface area contributed by atoms with Crippen molar-refractivity contribution in [2.45, 2.75) is 53.1 Å². The average Bonchev–Trinajstić information content (AvgIpc) is 2.25. The molecule has 1 N–H and O–H groups in total. The van der Waals surface area contributed by atoms with Gasteiger partial charge in [-0.05, 0) is 49.8 Å². The first-order chi connectivity index (χ1) is 7.99. The maximum Gasteiger partial charge on any atom is 0.0222 e. The standard InChI is InChI=1S/C15H24BrN/c1-11(2)5-7-13(4)17-10-14-8-6-12(3)9-15(14)16/h6,8-9,11,13,17H,5,7,10H2,1-4H3. The van der Waals surface area contributed by atoms with E-state index < -0.39 is 0 Å². The number of hydrogen-bond donors (Lipinski definition) is 1. The summed E-state index contributed by atoms with van der Waals surface area (Å²) >= 11 is 3.62. The maximum absolute atomic E-state index is 3.62. The van der Waals surface area contributed by atoms with Crippen LogP contribution in [0.3, 0.4) is 0 Å². The van der Waals surface area contributed by atoms with Gasteiger partial charge in [-0.2, -0.15) is 0 Å². The Morgan fingerprint density at radius 2 is 1.88 bits per heavy atom. The van der Waals surface area contributed by atoms with Crippen molar-refractivity contribution in [2.75, 3.05) is 0 Å². The van der Waals surface area contributed by atoms with Gasteiger partial charge >= 0.3 is 0 Å². The number of rotatable bonds is 6. The molecule has 1 aromatic rings. The lowest BCUT2D eigenvalue weighted by Crippen LogP contribution is -2.25. The van der Waals surface area contributed by atoms with Crippen LogP contribution in [0.4, 0.5) is 0 Å². The molecule has 1 unspecified atom stereocenters. The van der Waals surface area contributed by atoms with Crippen molar-refractivity contribution in [3.63, 3.8) is 0 Å². The predicted molar refractivity (Wildman–Crippen MR) is 79.3 cm³/mol. The molecule has 1 atom stereocenters. The molecule has 96 valence electrons. The number of benzene rings is 1. The molecule has 0 aliphatic carbocycles. The molecule has 0 saturated carbocycles. The summed E-state index contributed by atoms with van der Waals surface area (Å²) in [5.74, 6) is 0.797. The lowest BCUT2D eigenvalue weighted by Gasteiger charge is -2.15. The molecule has 1 nitrogen and oxygen atoms in total. The molecular weight excluding hydrogens is 274 g/mol. The molecule has 0 spiro atoms.